The Bertz CT molecular complexity index is 637. The highest BCUT2D eigenvalue weighted by molar-refractivity contribution is 9.10. The van der Waals surface area contributed by atoms with E-state index in [-0.39, 0.29) is 6.54 Å². The quantitative estimate of drug-likeness (QED) is 0.798. The highest BCUT2D eigenvalue weighted by Crippen LogP contribution is 2.36. The van der Waals surface area contributed by atoms with Crippen LogP contribution >= 0.6 is 15.9 Å². The number of carbonyl (C=O) groups excluding carboxylic acids is 2. The largest absolute Gasteiger partial charge is 0.364 e. The van der Waals surface area contributed by atoms with Crippen LogP contribution in [0.25, 0.3) is 0 Å². The molecular weight excluding hydrogens is 300 g/mol. The third kappa shape index (κ3) is 1.57. The number of hydrogen-bond donors (Lipinski definition) is 0. The molecule has 0 radical (unpaired) electrons. The third-order valence-corrected chi connectivity index (χ3v) is 3.40. The van der Waals surface area contributed by atoms with Crippen molar-refractivity contribution >= 4 is 33.3 Å². The predicted octanol–water partition coefficient (Wildman–Crippen LogP) is 2.17. The monoisotopic (exact) mass is 306 g/mol. The lowest BCUT2D eigenvalue weighted by atomic mass is 10.1. The van der Waals surface area contributed by atoms with Gasteiger partial charge in [0, 0.05) is 10.0 Å². The van der Waals surface area contributed by atoms with Gasteiger partial charge in [-0.15, -0.1) is 0 Å². The van der Waals surface area contributed by atoms with Crippen LogP contribution in [0.15, 0.2) is 39.7 Å². The van der Waals surface area contributed by atoms with Gasteiger partial charge in [-0.25, -0.2) is 0 Å². The summed E-state index contributed by atoms with van der Waals surface area (Å²) in [5.41, 5.74) is 1.76. The van der Waals surface area contributed by atoms with Crippen molar-refractivity contribution in [3.63, 3.8) is 0 Å². The zero-order chi connectivity index (χ0) is 12.7. The maximum Gasteiger partial charge on any atom is 0.299 e. The highest BCUT2D eigenvalue weighted by Gasteiger charge is 2.37. The summed E-state index contributed by atoms with van der Waals surface area (Å²) >= 11 is 3.36. The fourth-order valence-electron chi connectivity index (χ4n) is 1.95. The number of hydrogen-bond acceptors (Lipinski definition) is 4. The highest BCUT2D eigenvalue weighted by atomic mass is 79.9. The minimum Gasteiger partial charge on any atom is -0.364 e. The molecule has 1 aromatic carbocycles. The lowest BCUT2D eigenvalue weighted by Crippen LogP contribution is -2.29. The Balaban J connectivity index is 2.07. The van der Waals surface area contributed by atoms with Crippen molar-refractivity contribution < 1.29 is 14.1 Å². The van der Waals surface area contributed by atoms with E-state index in [2.05, 4.69) is 21.1 Å². The summed E-state index contributed by atoms with van der Waals surface area (Å²) in [6.45, 7) is 0.268. The molecule has 1 aliphatic heterocycles. The van der Waals surface area contributed by atoms with Crippen molar-refractivity contribution in [2.75, 3.05) is 4.90 Å². The van der Waals surface area contributed by atoms with Gasteiger partial charge in [-0.05, 0) is 28.1 Å². The van der Waals surface area contributed by atoms with Gasteiger partial charge < -0.3 is 4.52 Å². The number of fused-ring (bicyclic) bond motifs is 1. The Morgan fingerprint density at radius 3 is 2.89 bits per heavy atom. The van der Waals surface area contributed by atoms with Crippen LogP contribution in [0.2, 0.25) is 0 Å². The number of anilines is 1. The van der Waals surface area contributed by atoms with Gasteiger partial charge in [0.15, 0.2) is 0 Å². The molecule has 0 aliphatic carbocycles. The number of halogens is 1. The number of rotatable bonds is 2. The SMILES string of the molecule is O=C1C(=O)N(Cc2cnoc2)c2c(Br)cccc21. The topological polar surface area (TPSA) is 63.4 Å². The first-order valence-electron chi connectivity index (χ1n) is 5.21. The summed E-state index contributed by atoms with van der Waals surface area (Å²) in [6, 6.07) is 5.18. The molecule has 0 fully saturated rings. The van der Waals surface area contributed by atoms with Crippen molar-refractivity contribution in [1.82, 2.24) is 5.16 Å². The molecule has 90 valence electrons. The van der Waals surface area contributed by atoms with Crippen LogP contribution in [0.1, 0.15) is 15.9 Å². The van der Waals surface area contributed by atoms with Crippen LogP contribution in [0.5, 0.6) is 0 Å². The van der Waals surface area contributed by atoms with Crippen molar-refractivity contribution in [1.29, 1.82) is 0 Å². The average molecular weight is 307 g/mol. The Morgan fingerprint density at radius 1 is 1.33 bits per heavy atom. The molecule has 1 amide bonds. The molecule has 0 saturated heterocycles. The van der Waals surface area contributed by atoms with Gasteiger partial charge >= 0.3 is 0 Å². The first-order chi connectivity index (χ1) is 8.68. The molecule has 1 aliphatic rings. The van der Waals surface area contributed by atoms with Crippen molar-refractivity contribution in [2.24, 2.45) is 0 Å². The van der Waals surface area contributed by atoms with E-state index in [0.29, 0.717) is 11.3 Å². The zero-order valence-electron chi connectivity index (χ0n) is 9.09. The second-order valence-electron chi connectivity index (χ2n) is 3.89. The van der Waals surface area contributed by atoms with E-state index in [9.17, 15) is 9.59 Å². The summed E-state index contributed by atoms with van der Waals surface area (Å²) in [4.78, 5) is 25.2. The summed E-state index contributed by atoms with van der Waals surface area (Å²) < 4.78 is 5.44. The number of ketones is 1. The van der Waals surface area contributed by atoms with Crippen LogP contribution in [0, 0.1) is 0 Å². The predicted molar refractivity (Wildman–Crippen MR) is 66.2 cm³/mol. The lowest BCUT2D eigenvalue weighted by Gasteiger charge is -2.16. The molecule has 0 N–H and O–H groups in total. The van der Waals surface area contributed by atoms with Gasteiger partial charge in [-0.2, -0.15) is 0 Å². The summed E-state index contributed by atoms with van der Waals surface area (Å²) in [5.74, 6) is -1.01. The molecule has 2 heterocycles. The van der Waals surface area contributed by atoms with Gasteiger partial charge in [0.1, 0.15) is 6.26 Å². The van der Waals surface area contributed by atoms with E-state index in [1.807, 2.05) is 0 Å². The molecule has 0 bridgehead atoms. The minimum atomic E-state index is -0.530. The summed E-state index contributed by atoms with van der Waals surface area (Å²) in [7, 11) is 0. The number of carbonyl (C=O) groups is 2. The smallest absolute Gasteiger partial charge is 0.299 e. The molecule has 0 spiro atoms. The van der Waals surface area contributed by atoms with Crippen LogP contribution in [-0.2, 0) is 11.3 Å². The van der Waals surface area contributed by atoms with E-state index in [0.717, 1.165) is 10.0 Å². The first-order valence-corrected chi connectivity index (χ1v) is 6.01. The molecule has 6 heteroatoms. The maximum atomic E-state index is 11.9. The van der Waals surface area contributed by atoms with Crippen molar-refractivity contribution in [2.45, 2.75) is 6.54 Å². The molecular formula is C12H7BrN2O3. The molecule has 1 aromatic heterocycles. The Kier molecular flexibility index (Phi) is 2.52. The van der Waals surface area contributed by atoms with E-state index in [4.69, 9.17) is 4.52 Å². The molecule has 0 saturated carbocycles. The number of benzene rings is 1. The average Bonchev–Trinajstić information content (AvgIpc) is 2.94. The van der Waals surface area contributed by atoms with E-state index >= 15 is 0 Å². The molecule has 5 nitrogen and oxygen atoms in total. The fraction of sp³-hybridized carbons (Fsp3) is 0.0833. The molecule has 2 aromatic rings. The standard InChI is InChI=1S/C12H7BrN2O3/c13-9-3-1-2-8-10(9)15(12(17)11(8)16)5-7-4-14-18-6-7/h1-4,6H,5H2. The Labute approximate surface area is 110 Å². The minimum absolute atomic E-state index is 0.268. The first kappa shape index (κ1) is 11.2. The van der Waals surface area contributed by atoms with Gasteiger partial charge in [-0.1, -0.05) is 11.2 Å². The third-order valence-electron chi connectivity index (χ3n) is 2.76. The van der Waals surface area contributed by atoms with E-state index in [1.54, 1.807) is 18.2 Å². The van der Waals surface area contributed by atoms with Crippen molar-refractivity contribution in [3.8, 4) is 0 Å². The van der Waals surface area contributed by atoms with E-state index < -0.39 is 11.7 Å². The Morgan fingerprint density at radius 2 is 2.17 bits per heavy atom. The van der Waals surface area contributed by atoms with Crippen LogP contribution in [-0.4, -0.2) is 16.8 Å². The molecule has 0 atom stereocenters. The number of aromatic nitrogens is 1. The second-order valence-corrected chi connectivity index (χ2v) is 4.74. The van der Waals surface area contributed by atoms with Crippen LogP contribution < -0.4 is 4.90 Å². The number of para-hydroxylation sites is 1. The van der Waals surface area contributed by atoms with Gasteiger partial charge in [0.25, 0.3) is 11.7 Å². The number of Topliss-reactive ketones (excluding diaryl/α,β-unsaturated/α-hetero) is 1. The summed E-state index contributed by atoms with van der Waals surface area (Å²) in [5, 5.41) is 3.58. The van der Waals surface area contributed by atoms with Crippen LogP contribution in [0.4, 0.5) is 5.69 Å². The van der Waals surface area contributed by atoms with Gasteiger partial charge in [0.05, 0.1) is 24.0 Å². The van der Waals surface area contributed by atoms with E-state index in [1.165, 1.54) is 17.4 Å². The van der Waals surface area contributed by atoms with Gasteiger partial charge in [-0.3, -0.25) is 14.5 Å². The van der Waals surface area contributed by atoms with Crippen molar-refractivity contribution in [3.05, 3.63) is 46.3 Å². The lowest BCUT2D eigenvalue weighted by molar-refractivity contribution is -0.114. The Hall–Kier alpha value is -1.95. The van der Waals surface area contributed by atoms with Crippen LogP contribution in [0.3, 0.4) is 0 Å². The summed E-state index contributed by atoms with van der Waals surface area (Å²) in [6.07, 6.45) is 2.97. The van der Waals surface area contributed by atoms with Gasteiger partial charge in [0.2, 0.25) is 0 Å². The zero-order valence-corrected chi connectivity index (χ0v) is 10.7. The number of nitrogens with zero attached hydrogens (tertiary/aromatic N) is 2. The maximum absolute atomic E-state index is 11.9. The molecule has 0 unspecified atom stereocenters. The molecule has 18 heavy (non-hydrogen) atoms. The second kappa shape index (κ2) is 4.06. The normalized spacial score (nSPS) is 14.2. The fourth-order valence-corrected chi connectivity index (χ4v) is 2.53. The number of amides is 1. The molecule has 3 rings (SSSR count).